The number of pyridine rings is 2. The molecular weight excluding hydrogens is 474 g/mol. The number of fused-ring (bicyclic) bond motifs is 2. The standard InChI is InChI=1S/C28H22F2N6O/c1-14-9-25(31-22-7-5-18(29)12-20(14)22)35-24(11-16(3)33-35)27-17(4)34-36(28(27)37)26-10-15(2)21-13-19(30)6-8-23(21)32-26/h5-13,27H,1-4H3. The minimum absolute atomic E-state index is 0.272. The van der Waals surface area contributed by atoms with E-state index in [9.17, 15) is 13.6 Å². The average molecular weight is 497 g/mol. The van der Waals surface area contributed by atoms with Crippen molar-refractivity contribution in [2.75, 3.05) is 5.01 Å². The topological polar surface area (TPSA) is 76.3 Å². The van der Waals surface area contributed by atoms with Gasteiger partial charge in [-0.15, -0.1) is 0 Å². The highest BCUT2D eigenvalue weighted by Gasteiger charge is 2.39. The molecule has 3 aromatic heterocycles. The van der Waals surface area contributed by atoms with Crippen molar-refractivity contribution < 1.29 is 13.6 Å². The third kappa shape index (κ3) is 3.74. The summed E-state index contributed by atoms with van der Waals surface area (Å²) < 4.78 is 29.2. The van der Waals surface area contributed by atoms with Crippen LogP contribution in [0.2, 0.25) is 0 Å². The van der Waals surface area contributed by atoms with E-state index in [-0.39, 0.29) is 17.5 Å². The van der Waals surface area contributed by atoms with Gasteiger partial charge in [-0.05, 0) is 93.4 Å². The molecule has 2 aromatic carbocycles. The molecule has 184 valence electrons. The van der Waals surface area contributed by atoms with Crippen molar-refractivity contribution in [1.29, 1.82) is 0 Å². The van der Waals surface area contributed by atoms with Crippen LogP contribution in [0.5, 0.6) is 0 Å². The van der Waals surface area contributed by atoms with E-state index in [0.717, 1.165) is 16.8 Å². The van der Waals surface area contributed by atoms with Gasteiger partial charge in [0.15, 0.2) is 11.6 Å². The zero-order chi connectivity index (χ0) is 26.0. The molecule has 0 saturated heterocycles. The second-order valence-electron chi connectivity index (χ2n) is 9.36. The molecule has 9 heteroatoms. The van der Waals surface area contributed by atoms with Crippen molar-refractivity contribution in [3.05, 3.63) is 88.7 Å². The molecule has 1 amide bonds. The number of nitrogens with zero attached hydrogens (tertiary/aromatic N) is 6. The molecule has 6 rings (SSSR count). The zero-order valence-electron chi connectivity index (χ0n) is 20.6. The van der Waals surface area contributed by atoms with Crippen LogP contribution >= 0.6 is 0 Å². The zero-order valence-corrected chi connectivity index (χ0v) is 20.6. The summed E-state index contributed by atoms with van der Waals surface area (Å²) in [5.41, 5.74) is 4.77. The summed E-state index contributed by atoms with van der Waals surface area (Å²) in [4.78, 5) is 23.0. The fraction of sp³-hybridized carbons (Fsp3) is 0.179. The number of halogens is 2. The van der Waals surface area contributed by atoms with Gasteiger partial charge in [0.1, 0.15) is 17.6 Å². The lowest BCUT2D eigenvalue weighted by atomic mass is 9.99. The summed E-state index contributed by atoms with van der Waals surface area (Å²) in [5, 5.41) is 11.9. The molecule has 37 heavy (non-hydrogen) atoms. The van der Waals surface area contributed by atoms with Crippen LogP contribution in [0, 0.1) is 32.4 Å². The Labute approximate surface area is 211 Å². The lowest BCUT2D eigenvalue weighted by Crippen LogP contribution is -2.28. The fourth-order valence-corrected chi connectivity index (χ4v) is 4.89. The quantitative estimate of drug-likeness (QED) is 0.322. The van der Waals surface area contributed by atoms with Gasteiger partial charge in [0, 0.05) is 10.8 Å². The summed E-state index contributed by atoms with van der Waals surface area (Å²) in [5.74, 6) is -0.743. The lowest BCUT2D eigenvalue weighted by molar-refractivity contribution is -0.118. The molecule has 1 aliphatic rings. The number of aromatic nitrogens is 4. The monoisotopic (exact) mass is 496 g/mol. The third-order valence-electron chi connectivity index (χ3n) is 6.65. The van der Waals surface area contributed by atoms with Crippen LogP contribution in [0.1, 0.15) is 35.4 Å². The SMILES string of the molecule is CC1=NN(c2cc(C)c3cc(F)ccc3n2)C(=O)C1c1cc(C)nn1-c1cc(C)c2cc(F)ccc2n1. The Bertz CT molecular complexity index is 1790. The Morgan fingerprint density at radius 1 is 0.757 bits per heavy atom. The molecule has 0 fully saturated rings. The van der Waals surface area contributed by atoms with Crippen LogP contribution < -0.4 is 5.01 Å². The lowest BCUT2D eigenvalue weighted by Gasteiger charge is -2.16. The van der Waals surface area contributed by atoms with Crippen LogP contribution in [0.3, 0.4) is 0 Å². The van der Waals surface area contributed by atoms with Gasteiger partial charge < -0.3 is 0 Å². The van der Waals surface area contributed by atoms with Gasteiger partial charge >= 0.3 is 0 Å². The second-order valence-corrected chi connectivity index (χ2v) is 9.36. The number of anilines is 1. The van der Waals surface area contributed by atoms with Crippen molar-refractivity contribution in [2.24, 2.45) is 5.10 Å². The first-order valence-electron chi connectivity index (χ1n) is 11.8. The van der Waals surface area contributed by atoms with Crippen LogP contribution in [0.25, 0.3) is 27.6 Å². The number of benzene rings is 2. The van der Waals surface area contributed by atoms with Gasteiger partial charge in [0.05, 0.1) is 28.1 Å². The summed E-state index contributed by atoms with van der Waals surface area (Å²) in [6.07, 6.45) is 0. The van der Waals surface area contributed by atoms with E-state index in [1.807, 2.05) is 32.9 Å². The molecule has 0 saturated carbocycles. The van der Waals surface area contributed by atoms with Crippen molar-refractivity contribution in [3.63, 3.8) is 0 Å². The molecule has 0 radical (unpaired) electrons. The molecular formula is C28H22F2N6O. The molecule has 0 spiro atoms. The number of hydrazone groups is 1. The minimum atomic E-state index is -0.696. The maximum Gasteiger partial charge on any atom is 0.263 e. The summed E-state index contributed by atoms with van der Waals surface area (Å²) in [7, 11) is 0. The van der Waals surface area contributed by atoms with E-state index in [1.54, 1.807) is 29.8 Å². The van der Waals surface area contributed by atoms with Crippen LogP contribution in [0.15, 0.2) is 59.7 Å². The number of carbonyl (C=O) groups is 1. The van der Waals surface area contributed by atoms with E-state index >= 15 is 0 Å². The molecule has 1 aliphatic heterocycles. The van der Waals surface area contributed by atoms with Gasteiger partial charge in [-0.1, -0.05) is 0 Å². The number of hydrogen-bond acceptors (Lipinski definition) is 5. The predicted molar refractivity (Wildman–Crippen MR) is 138 cm³/mol. The number of hydrogen-bond donors (Lipinski definition) is 0. The maximum atomic E-state index is 13.8. The Morgan fingerprint density at radius 3 is 1.95 bits per heavy atom. The Morgan fingerprint density at radius 2 is 1.32 bits per heavy atom. The van der Waals surface area contributed by atoms with Crippen LogP contribution in [-0.2, 0) is 4.79 Å². The van der Waals surface area contributed by atoms with E-state index in [4.69, 9.17) is 4.98 Å². The first kappa shape index (κ1) is 22.9. The predicted octanol–water partition coefficient (Wildman–Crippen LogP) is 5.68. The smallest absolute Gasteiger partial charge is 0.263 e. The Balaban J connectivity index is 1.43. The van der Waals surface area contributed by atoms with Crippen molar-refractivity contribution in [2.45, 2.75) is 33.6 Å². The molecule has 0 aliphatic carbocycles. The minimum Gasteiger partial charge on any atom is -0.271 e. The third-order valence-corrected chi connectivity index (χ3v) is 6.65. The first-order chi connectivity index (χ1) is 17.7. The fourth-order valence-electron chi connectivity index (χ4n) is 4.89. The van der Waals surface area contributed by atoms with Gasteiger partial charge in [-0.25, -0.2) is 23.4 Å². The Hall–Kier alpha value is -4.53. The van der Waals surface area contributed by atoms with Crippen molar-refractivity contribution >= 4 is 39.2 Å². The highest BCUT2D eigenvalue weighted by Crippen LogP contribution is 2.33. The van der Waals surface area contributed by atoms with Gasteiger partial charge in [0.2, 0.25) is 0 Å². The largest absolute Gasteiger partial charge is 0.271 e. The number of carbonyl (C=O) groups excluding carboxylic acids is 1. The van der Waals surface area contributed by atoms with Crippen LogP contribution in [0.4, 0.5) is 14.6 Å². The summed E-state index contributed by atoms with van der Waals surface area (Å²) in [6, 6.07) is 14.2. The van der Waals surface area contributed by atoms with E-state index in [1.165, 1.54) is 29.3 Å². The average Bonchev–Trinajstić information content (AvgIpc) is 3.37. The number of amides is 1. The van der Waals surface area contributed by atoms with Crippen molar-refractivity contribution in [1.82, 2.24) is 19.7 Å². The van der Waals surface area contributed by atoms with Gasteiger partial charge in [-0.3, -0.25) is 4.79 Å². The van der Waals surface area contributed by atoms with E-state index in [0.29, 0.717) is 44.8 Å². The summed E-state index contributed by atoms with van der Waals surface area (Å²) >= 11 is 0. The highest BCUT2D eigenvalue weighted by molar-refractivity contribution is 6.18. The van der Waals surface area contributed by atoms with Gasteiger partial charge in [0.25, 0.3) is 5.91 Å². The number of aryl methyl sites for hydroxylation is 3. The highest BCUT2D eigenvalue weighted by atomic mass is 19.1. The Kier molecular flexibility index (Phi) is 5.11. The molecule has 7 nitrogen and oxygen atoms in total. The molecule has 1 atom stereocenters. The molecule has 1 unspecified atom stereocenters. The maximum absolute atomic E-state index is 13.8. The molecule has 0 N–H and O–H groups in total. The molecule has 4 heterocycles. The molecule has 5 aromatic rings. The normalized spacial score (nSPS) is 15.7. The van der Waals surface area contributed by atoms with E-state index in [2.05, 4.69) is 15.2 Å². The summed E-state index contributed by atoms with van der Waals surface area (Å²) in [6.45, 7) is 7.37. The van der Waals surface area contributed by atoms with Gasteiger partial charge in [-0.2, -0.15) is 15.2 Å². The number of rotatable bonds is 3. The first-order valence-corrected chi connectivity index (χ1v) is 11.8. The van der Waals surface area contributed by atoms with Crippen molar-refractivity contribution in [3.8, 4) is 5.82 Å². The second kappa shape index (κ2) is 8.26. The molecule has 0 bridgehead atoms. The van der Waals surface area contributed by atoms with Crippen LogP contribution in [-0.4, -0.2) is 31.4 Å². The van der Waals surface area contributed by atoms with E-state index < -0.39 is 5.92 Å².